The maximum Gasteiger partial charge on any atom is 0.342 e. The first-order valence-corrected chi connectivity index (χ1v) is 6.94. The van der Waals surface area contributed by atoms with Gasteiger partial charge in [-0.25, -0.2) is 4.79 Å². The van der Waals surface area contributed by atoms with Gasteiger partial charge in [0, 0.05) is 21.2 Å². The third kappa shape index (κ3) is 2.74. The van der Waals surface area contributed by atoms with Gasteiger partial charge in [0.15, 0.2) is 0 Å². The molecule has 0 saturated heterocycles. The van der Waals surface area contributed by atoms with E-state index in [1.807, 2.05) is 19.1 Å². The van der Waals surface area contributed by atoms with Gasteiger partial charge in [0.2, 0.25) is 0 Å². The minimum Gasteiger partial charge on any atom is -0.506 e. The Morgan fingerprint density at radius 3 is 2.58 bits per heavy atom. The summed E-state index contributed by atoms with van der Waals surface area (Å²) in [4.78, 5) is 12.5. The molecule has 2 rings (SSSR count). The summed E-state index contributed by atoms with van der Waals surface area (Å²) in [5.74, 6) is -0.570. The third-order valence-corrected chi connectivity index (χ3v) is 4.36. The summed E-state index contributed by atoms with van der Waals surface area (Å²) in [7, 11) is 1.30. The van der Waals surface area contributed by atoms with Crippen LogP contribution < -0.4 is 0 Å². The molecule has 0 saturated carbocycles. The molecule has 0 amide bonds. The SMILES string of the molecule is COC(=O)c1c(O)csc1C(C)c1ccc(Cl)cc1. The zero-order valence-electron chi connectivity index (χ0n) is 10.5. The number of methoxy groups -OCH3 is 1. The largest absolute Gasteiger partial charge is 0.506 e. The highest BCUT2D eigenvalue weighted by atomic mass is 35.5. The molecule has 0 spiro atoms. The quantitative estimate of drug-likeness (QED) is 0.869. The van der Waals surface area contributed by atoms with Gasteiger partial charge >= 0.3 is 5.97 Å². The van der Waals surface area contributed by atoms with Crippen molar-refractivity contribution >= 4 is 28.9 Å². The van der Waals surface area contributed by atoms with Crippen molar-refractivity contribution in [2.75, 3.05) is 7.11 Å². The van der Waals surface area contributed by atoms with Crippen LogP contribution in [-0.4, -0.2) is 18.2 Å². The third-order valence-electron chi connectivity index (χ3n) is 2.95. The van der Waals surface area contributed by atoms with Crippen molar-refractivity contribution in [1.29, 1.82) is 0 Å². The Bertz CT molecular complexity index is 589. The van der Waals surface area contributed by atoms with Crippen LogP contribution >= 0.6 is 22.9 Å². The van der Waals surface area contributed by atoms with Crippen LogP contribution in [0.2, 0.25) is 5.02 Å². The second-order valence-corrected chi connectivity index (χ2v) is 5.47. The lowest BCUT2D eigenvalue weighted by molar-refractivity contribution is 0.0597. The fraction of sp³-hybridized carbons (Fsp3) is 0.214. The standard InChI is InChI=1S/C14H13ClO3S/c1-8(9-3-5-10(15)6-4-9)13-12(14(17)18-2)11(16)7-19-13/h3-8,16H,1-2H3. The molecule has 1 aromatic heterocycles. The molecule has 1 N–H and O–H groups in total. The summed E-state index contributed by atoms with van der Waals surface area (Å²) in [5.41, 5.74) is 1.27. The van der Waals surface area contributed by atoms with Crippen LogP contribution in [0.3, 0.4) is 0 Å². The van der Waals surface area contributed by atoms with Gasteiger partial charge in [-0.1, -0.05) is 30.7 Å². The molecule has 0 aliphatic rings. The lowest BCUT2D eigenvalue weighted by atomic mass is 9.97. The number of carbonyl (C=O) groups is 1. The highest BCUT2D eigenvalue weighted by Crippen LogP contribution is 2.37. The van der Waals surface area contributed by atoms with Crippen LogP contribution in [0.5, 0.6) is 5.75 Å². The van der Waals surface area contributed by atoms with Gasteiger partial charge in [-0.15, -0.1) is 11.3 Å². The predicted molar refractivity (Wildman–Crippen MR) is 76.3 cm³/mol. The molecule has 1 aromatic carbocycles. The number of halogens is 1. The van der Waals surface area contributed by atoms with Gasteiger partial charge in [-0.05, 0) is 17.7 Å². The first-order valence-electron chi connectivity index (χ1n) is 5.68. The molecule has 3 nitrogen and oxygen atoms in total. The Labute approximate surface area is 120 Å². The Morgan fingerprint density at radius 2 is 2.00 bits per heavy atom. The lowest BCUT2D eigenvalue weighted by Gasteiger charge is -2.12. The fourth-order valence-corrected chi connectivity index (χ4v) is 3.02. The second-order valence-electron chi connectivity index (χ2n) is 4.13. The fourth-order valence-electron chi connectivity index (χ4n) is 1.89. The van der Waals surface area contributed by atoms with Crippen LogP contribution in [0.25, 0.3) is 0 Å². The number of aromatic hydroxyl groups is 1. The molecule has 0 bridgehead atoms. The van der Waals surface area contributed by atoms with Crippen LogP contribution in [0.15, 0.2) is 29.6 Å². The topological polar surface area (TPSA) is 46.5 Å². The molecular formula is C14H13ClO3S. The molecule has 0 radical (unpaired) electrons. The molecule has 0 aliphatic carbocycles. The number of benzene rings is 1. The summed E-state index contributed by atoms with van der Waals surface area (Å²) < 4.78 is 4.71. The highest BCUT2D eigenvalue weighted by molar-refractivity contribution is 7.10. The number of carbonyl (C=O) groups excluding carboxylic acids is 1. The summed E-state index contributed by atoms with van der Waals surface area (Å²) in [6, 6.07) is 7.42. The predicted octanol–water partition coefficient (Wildman–Crippen LogP) is 4.05. The van der Waals surface area contributed by atoms with E-state index in [-0.39, 0.29) is 17.2 Å². The number of rotatable bonds is 3. The maximum atomic E-state index is 11.7. The molecule has 0 aliphatic heterocycles. The van der Waals surface area contributed by atoms with Gasteiger partial charge in [-0.3, -0.25) is 0 Å². The van der Waals surface area contributed by atoms with Crippen LogP contribution in [0, 0.1) is 0 Å². The van der Waals surface area contributed by atoms with E-state index in [4.69, 9.17) is 16.3 Å². The summed E-state index contributed by atoms with van der Waals surface area (Å²) in [6.45, 7) is 1.97. The van der Waals surface area contributed by atoms with Crippen molar-refractivity contribution in [1.82, 2.24) is 0 Å². The number of hydrogen-bond acceptors (Lipinski definition) is 4. The van der Waals surface area contributed by atoms with Crippen molar-refractivity contribution in [3.8, 4) is 5.75 Å². The van der Waals surface area contributed by atoms with Crippen LogP contribution in [0.1, 0.15) is 33.6 Å². The van der Waals surface area contributed by atoms with Gasteiger partial charge in [0.25, 0.3) is 0 Å². The summed E-state index contributed by atoms with van der Waals surface area (Å²) >= 11 is 7.20. The molecule has 2 aromatic rings. The summed E-state index contributed by atoms with van der Waals surface area (Å²) in [6.07, 6.45) is 0. The molecular weight excluding hydrogens is 284 g/mol. The second kappa shape index (κ2) is 5.63. The highest BCUT2D eigenvalue weighted by Gasteiger charge is 2.24. The van der Waals surface area contributed by atoms with Gasteiger partial charge in [0.05, 0.1) is 7.11 Å². The van der Waals surface area contributed by atoms with Crippen LogP contribution in [-0.2, 0) is 4.74 Å². The van der Waals surface area contributed by atoms with E-state index < -0.39 is 5.97 Å². The molecule has 1 unspecified atom stereocenters. The van der Waals surface area contributed by atoms with E-state index in [0.29, 0.717) is 5.02 Å². The molecule has 0 fully saturated rings. The van der Waals surface area contributed by atoms with Crippen molar-refractivity contribution in [3.63, 3.8) is 0 Å². The van der Waals surface area contributed by atoms with Crippen molar-refractivity contribution < 1.29 is 14.6 Å². The molecule has 1 atom stereocenters. The molecule has 1 heterocycles. The smallest absolute Gasteiger partial charge is 0.342 e. The first kappa shape index (κ1) is 13.9. The van der Waals surface area contributed by atoms with E-state index in [2.05, 4.69) is 0 Å². The molecule has 19 heavy (non-hydrogen) atoms. The average Bonchev–Trinajstić information content (AvgIpc) is 2.80. The number of esters is 1. The minimum atomic E-state index is -0.519. The Morgan fingerprint density at radius 1 is 1.37 bits per heavy atom. The first-order chi connectivity index (χ1) is 9.04. The van der Waals surface area contributed by atoms with E-state index in [1.54, 1.807) is 17.5 Å². The number of thiophene rings is 1. The van der Waals surface area contributed by atoms with E-state index in [9.17, 15) is 9.90 Å². The van der Waals surface area contributed by atoms with E-state index >= 15 is 0 Å². The van der Waals surface area contributed by atoms with Gasteiger partial charge in [-0.2, -0.15) is 0 Å². The van der Waals surface area contributed by atoms with E-state index in [0.717, 1.165) is 10.4 Å². The van der Waals surface area contributed by atoms with Crippen molar-refractivity contribution in [2.45, 2.75) is 12.8 Å². The molecule has 100 valence electrons. The van der Waals surface area contributed by atoms with Gasteiger partial charge in [0.1, 0.15) is 11.3 Å². The van der Waals surface area contributed by atoms with Crippen LogP contribution in [0.4, 0.5) is 0 Å². The van der Waals surface area contributed by atoms with Crippen molar-refractivity contribution in [3.05, 3.63) is 50.7 Å². The van der Waals surface area contributed by atoms with Crippen molar-refractivity contribution in [2.24, 2.45) is 0 Å². The van der Waals surface area contributed by atoms with E-state index in [1.165, 1.54) is 18.4 Å². The molecule has 5 heteroatoms. The monoisotopic (exact) mass is 296 g/mol. The number of ether oxygens (including phenoxy) is 1. The lowest BCUT2D eigenvalue weighted by Crippen LogP contribution is -2.05. The average molecular weight is 297 g/mol. The number of hydrogen-bond donors (Lipinski definition) is 1. The minimum absolute atomic E-state index is 0.0164. The van der Waals surface area contributed by atoms with Gasteiger partial charge < -0.3 is 9.84 Å². The summed E-state index contributed by atoms with van der Waals surface area (Å²) in [5, 5.41) is 12.0. The normalized spacial score (nSPS) is 12.2. The Balaban J connectivity index is 2.41. The zero-order valence-corrected chi connectivity index (χ0v) is 12.1. The Kier molecular flexibility index (Phi) is 4.12. The maximum absolute atomic E-state index is 11.7. The zero-order chi connectivity index (χ0) is 14.0. The Hall–Kier alpha value is -1.52.